The highest BCUT2D eigenvalue weighted by Gasteiger charge is 2.20. The van der Waals surface area contributed by atoms with Gasteiger partial charge in [-0.1, -0.05) is 15.9 Å². The second-order valence-corrected chi connectivity index (χ2v) is 4.87. The number of nitrogens with zero attached hydrogens (tertiary/aromatic N) is 1. The molecule has 1 aromatic carbocycles. The van der Waals surface area contributed by atoms with Crippen LogP contribution in [-0.4, -0.2) is 29.2 Å². The Morgan fingerprint density at radius 1 is 1.47 bits per heavy atom. The molecule has 4 heteroatoms. The largest absolute Gasteiger partial charge is 0.392 e. The zero-order valence-corrected chi connectivity index (χ0v) is 9.87. The van der Waals surface area contributed by atoms with Gasteiger partial charge in [-0.25, -0.2) is 4.39 Å². The third-order valence-corrected chi connectivity index (χ3v) is 3.03. The number of halogens is 2. The Hall–Kier alpha value is -0.450. The van der Waals surface area contributed by atoms with Crippen LogP contribution in [0, 0.1) is 5.82 Å². The number of benzene rings is 1. The smallest absolute Gasteiger partial charge is 0.124 e. The molecule has 1 aliphatic rings. The third kappa shape index (κ3) is 3.00. The molecule has 1 heterocycles. The molecule has 15 heavy (non-hydrogen) atoms. The predicted molar refractivity (Wildman–Crippen MR) is 60.0 cm³/mol. The molecule has 0 spiro atoms. The maximum absolute atomic E-state index is 13.1. The van der Waals surface area contributed by atoms with Crippen LogP contribution in [0.5, 0.6) is 0 Å². The summed E-state index contributed by atoms with van der Waals surface area (Å²) in [7, 11) is 0. The predicted octanol–water partition coefficient (Wildman–Crippen LogP) is 2.15. The number of aliphatic hydroxyl groups excluding tert-OH is 1. The SMILES string of the molecule is O[C@@H]1CCN(Cc2cc(F)cc(Br)c2)C1. The second-order valence-electron chi connectivity index (χ2n) is 3.96. The molecular weight excluding hydrogens is 261 g/mol. The zero-order chi connectivity index (χ0) is 10.8. The summed E-state index contributed by atoms with van der Waals surface area (Å²) in [6.45, 7) is 2.27. The summed E-state index contributed by atoms with van der Waals surface area (Å²) in [5.41, 5.74) is 0.941. The van der Waals surface area contributed by atoms with Crippen LogP contribution in [0.15, 0.2) is 22.7 Å². The lowest BCUT2D eigenvalue weighted by molar-refractivity contribution is 0.175. The van der Waals surface area contributed by atoms with Gasteiger partial charge in [0, 0.05) is 24.1 Å². The maximum atomic E-state index is 13.1. The molecule has 82 valence electrons. The number of β-amino-alcohol motifs (C(OH)–C–C–N with tert-alkyl or cyclic N) is 1. The van der Waals surface area contributed by atoms with Crippen molar-refractivity contribution in [2.45, 2.75) is 19.1 Å². The van der Waals surface area contributed by atoms with Crippen molar-refractivity contribution in [3.63, 3.8) is 0 Å². The fourth-order valence-corrected chi connectivity index (χ4v) is 2.43. The van der Waals surface area contributed by atoms with Crippen molar-refractivity contribution in [2.75, 3.05) is 13.1 Å². The van der Waals surface area contributed by atoms with Crippen molar-refractivity contribution in [3.8, 4) is 0 Å². The maximum Gasteiger partial charge on any atom is 0.124 e. The standard InChI is InChI=1S/C11H13BrFNO/c12-9-3-8(4-10(13)5-9)6-14-2-1-11(15)7-14/h3-5,11,15H,1-2,6-7H2/t11-/m1/s1. The lowest BCUT2D eigenvalue weighted by atomic mass is 10.2. The van der Waals surface area contributed by atoms with Crippen LogP contribution in [0.2, 0.25) is 0 Å². The van der Waals surface area contributed by atoms with Crippen LogP contribution in [0.25, 0.3) is 0 Å². The summed E-state index contributed by atoms with van der Waals surface area (Å²) in [5, 5.41) is 9.36. The van der Waals surface area contributed by atoms with E-state index in [4.69, 9.17) is 0 Å². The van der Waals surface area contributed by atoms with Gasteiger partial charge in [-0.3, -0.25) is 4.90 Å². The Kier molecular flexibility index (Phi) is 3.38. The van der Waals surface area contributed by atoms with Crippen LogP contribution in [0.4, 0.5) is 4.39 Å². The molecule has 1 aliphatic heterocycles. The van der Waals surface area contributed by atoms with Crippen molar-refractivity contribution in [1.82, 2.24) is 4.90 Å². The van der Waals surface area contributed by atoms with Crippen molar-refractivity contribution in [3.05, 3.63) is 34.1 Å². The quantitative estimate of drug-likeness (QED) is 0.893. The molecule has 0 amide bonds. The van der Waals surface area contributed by atoms with E-state index in [-0.39, 0.29) is 11.9 Å². The molecule has 0 aromatic heterocycles. The molecule has 1 aromatic rings. The molecule has 0 aliphatic carbocycles. The van der Waals surface area contributed by atoms with Gasteiger partial charge < -0.3 is 5.11 Å². The Labute approximate surface area is 96.8 Å². The van der Waals surface area contributed by atoms with Crippen molar-refractivity contribution in [1.29, 1.82) is 0 Å². The molecule has 2 nitrogen and oxygen atoms in total. The van der Waals surface area contributed by atoms with Gasteiger partial charge in [0.2, 0.25) is 0 Å². The van der Waals surface area contributed by atoms with Crippen LogP contribution in [0.1, 0.15) is 12.0 Å². The van der Waals surface area contributed by atoms with Gasteiger partial charge in [-0.2, -0.15) is 0 Å². The summed E-state index contributed by atoms with van der Waals surface area (Å²) in [6, 6.07) is 4.89. The summed E-state index contributed by atoms with van der Waals surface area (Å²) in [4.78, 5) is 2.13. The summed E-state index contributed by atoms with van der Waals surface area (Å²) in [6.07, 6.45) is 0.596. The molecule has 0 saturated carbocycles. The Balaban J connectivity index is 2.04. The van der Waals surface area contributed by atoms with Gasteiger partial charge in [0.05, 0.1) is 6.10 Å². The number of hydrogen-bond acceptors (Lipinski definition) is 2. The first-order valence-electron chi connectivity index (χ1n) is 4.99. The molecule has 0 radical (unpaired) electrons. The highest BCUT2D eigenvalue weighted by atomic mass is 79.9. The van der Waals surface area contributed by atoms with Crippen molar-refractivity contribution >= 4 is 15.9 Å². The molecule has 1 fully saturated rings. The first-order chi connectivity index (χ1) is 7.13. The number of hydrogen-bond donors (Lipinski definition) is 1. The minimum absolute atomic E-state index is 0.220. The average Bonchev–Trinajstić information content (AvgIpc) is 2.49. The van der Waals surface area contributed by atoms with Crippen molar-refractivity contribution < 1.29 is 9.50 Å². The minimum Gasteiger partial charge on any atom is -0.392 e. The molecular formula is C11H13BrFNO. The van der Waals surface area contributed by atoms with Gasteiger partial charge in [0.25, 0.3) is 0 Å². The van der Waals surface area contributed by atoms with Crippen LogP contribution in [0.3, 0.4) is 0 Å². The van der Waals surface area contributed by atoms with Gasteiger partial charge >= 0.3 is 0 Å². The van der Waals surface area contributed by atoms with E-state index < -0.39 is 0 Å². The highest BCUT2D eigenvalue weighted by molar-refractivity contribution is 9.10. The summed E-state index contributed by atoms with van der Waals surface area (Å²) in [5.74, 6) is -0.223. The Bertz CT molecular complexity index is 338. The normalized spacial score (nSPS) is 22.2. The highest BCUT2D eigenvalue weighted by Crippen LogP contribution is 2.18. The topological polar surface area (TPSA) is 23.5 Å². The Morgan fingerprint density at radius 3 is 2.87 bits per heavy atom. The van der Waals surface area contributed by atoms with E-state index in [1.807, 2.05) is 6.07 Å². The van der Waals surface area contributed by atoms with Crippen LogP contribution >= 0.6 is 15.9 Å². The number of rotatable bonds is 2. The van der Waals surface area contributed by atoms with E-state index in [0.717, 1.165) is 23.0 Å². The fraction of sp³-hybridized carbons (Fsp3) is 0.455. The first-order valence-corrected chi connectivity index (χ1v) is 5.78. The molecule has 1 saturated heterocycles. The van der Waals surface area contributed by atoms with Gasteiger partial charge in [0.1, 0.15) is 5.82 Å². The number of aliphatic hydroxyl groups is 1. The van der Waals surface area contributed by atoms with Crippen LogP contribution in [-0.2, 0) is 6.54 Å². The van der Waals surface area contributed by atoms with E-state index in [2.05, 4.69) is 20.8 Å². The van der Waals surface area contributed by atoms with Crippen molar-refractivity contribution in [2.24, 2.45) is 0 Å². The lowest BCUT2D eigenvalue weighted by Crippen LogP contribution is -2.21. The van der Waals surface area contributed by atoms with Gasteiger partial charge in [-0.15, -0.1) is 0 Å². The van der Waals surface area contributed by atoms with Crippen LogP contribution < -0.4 is 0 Å². The number of likely N-dealkylation sites (tertiary alicyclic amines) is 1. The van der Waals surface area contributed by atoms with E-state index >= 15 is 0 Å². The minimum atomic E-state index is -0.223. The van der Waals surface area contributed by atoms with E-state index in [1.165, 1.54) is 12.1 Å². The second kappa shape index (κ2) is 4.60. The molecule has 1 atom stereocenters. The first kappa shape index (κ1) is 11.0. The average molecular weight is 274 g/mol. The third-order valence-electron chi connectivity index (χ3n) is 2.58. The Morgan fingerprint density at radius 2 is 2.27 bits per heavy atom. The van der Waals surface area contributed by atoms with E-state index in [9.17, 15) is 9.50 Å². The van der Waals surface area contributed by atoms with Gasteiger partial charge in [-0.05, 0) is 30.2 Å². The van der Waals surface area contributed by atoms with E-state index in [0.29, 0.717) is 13.1 Å². The summed E-state index contributed by atoms with van der Waals surface area (Å²) >= 11 is 3.27. The summed E-state index contributed by atoms with van der Waals surface area (Å²) < 4.78 is 13.8. The zero-order valence-electron chi connectivity index (χ0n) is 8.29. The van der Waals surface area contributed by atoms with Gasteiger partial charge in [0.15, 0.2) is 0 Å². The molecule has 1 N–H and O–H groups in total. The fourth-order valence-electron chi connectivity index (χ4n) is 1.92. The monoisotopic (exact) mass is 273 g/mol. The molecule has 2 rings (SSSR count). The molecule has 0 unspecified atom stereocenters. The lowest BCUT2D eigenvalue weighted by Gasteiger charge is -2.14. The molecule has 0 bridgehead atoms. The van der Waals surface area contributed by atoms with E-state index in [1.54, 1.807) is 0 Å².